The van der Waals surface area contributed by atoms with Crippen molar-refractivity contribution in [3.05, 3.63) is 29.6 Å². The van der Waals surface area contributed by atoms with E-state index in [1.54, 1.807) is 6.07 Å². The van der Waals surface area contributed by atoms with E-state index in [9.17, 15) is 9.18 Å². The Hall–Kier alpha value is -1.07. The molecule has 1 N–H and O–H groups in total. The molecule has 0 aliphatic rings. The number of halogens is 1. The van der Waals surface area contributed by atoms with Crippen LogP contribution in [0.5, 0.6) is 5.75 Å². The summed E-state index contributed by atoms with van der Waals surface area (Å²) >= 11 is 4.20. The van der Waals surface area contributed by atoms with Gasteiger partial charge in [0.25, 0.3) is 0 Å². The minimum Gasteiger partial charge on any atom is -0.492 e. The van der Waals surface area contributed by atoms with Gasteiger partial charge in [0.2, 0.25) is 0 Å². The van der Waals surface area contributed by atoms with Gasteiger partial charge in [0.05, 0.1) is 0 Å². The van der Waals surface area contributed by atoms with Gasteiger partial charge in [-0.05, 0) is 31.0 Å². The molecule has 0 saturated heterocycles. The number of ketones is 1. The van der Waals surface area contributed by atoms with Crippen molar-refractivity contribution in [2.45, 2.75) is 39.0 Å². The van der Waals surface area contributed by atoms with E-state index in [1.807, 2.05) is 20.8 Å². The number of benzene rings is 1. The van der Waals surface area contributed by atoms with Crippen LogP contribution < -0.4 is 10.1 Å². The van der Waals surface area contributed by atoms with Crippen LogP contribution in [0.25, 0.3) is 0 Å². The molecule has 0 saturated carbocycles. The van der Waals surface area contributed by atoms with Crippen molar-refractivity contribution < 1.29 is 13.9 Å². The van der Waals surface area contributed by atoms with Gasteiger partial charge < -0.3 is 10.1 Å². The van der Waals surface area contributed by atoms with Gasteiger partial charge in [0.15, 0.2) is 0 Å². The Labute approximate surface area is 131 Å². The topological polar surface area (TPSA) is 38.3 Å². The number of hydrogen-bond acceptors (Lipinski definition) is 4. The highest BCUT2D eigenvalue weighted by Gasteiger charge is 2.09. The largest absolute Gasteiger partial charge is 0.492 e. The molecule has 5 heteroatoms. The summed E-state index contributed by atoms with van der Waals surface area (Å²) in [6, 6.07) is 4.60. The molecule has 0 aliphatic heterocycles. The van der Waals surface area contributed by atoms with Gasteiger partial charge in [0.1, 0.15) is 24.0 Å². The molecule has 0 aliphatic carbocycles. The minimum atomic E-state index is -0.338. The standard InChI is InChI=1S/C16H24FNO2S/c1-11(2)16(19)5-4-13-8-14(17)10-15(9-13)20-7-6-18-12(3)21/h8-12,18,21H,4-7H2,1-3H3. The second-order valence-corrected chi connectivity index (χ2v) is 6.17. The van der Waals surface area contributed by atoms with Crippen molar-refractivity contribution in [2.75, 3.05) is 13.2 Å². The van der Waals surface area contributed by atoms with Crippen LogP contribution in [0.4, 0.5) is 4.39 Å². The van der Waals surface area contributed by atoms with E-state index >= 15 is 0 Å². The molecule has 0 spiro atoms. The fourth-order valence-electron chi connectivity index (χ4n) is 1.84. The van der Waals surface area contributed by atoms with Crippen molar-refractivity contribution in [2.24, 2.45) is 5.92 Å². The zero-order chi connectivity index (χ0) is 15.8. The predicted molar refractivity (Wildman–Crippen MR) is 86.5 cm³/mol. The summed E-state index contributed by atoms with van der Waals surface area (Å²) in [5, 5.41) is 3.19. The predicted octanol–water partition coefficient (Wildman–Crippen LogP) is 3.23. The van der Waals surface area contributed by atoms with Gasteiger partial charge in [-0.2, -0.15) is 12.6 Å². The van der Waals surface area contributed by atoms with E-state index in [1.165, 1.54) is 12.1 Å². The molecule has 118 valence electrons. The number of hydrogen-bond donors (Lipinski definition) is 2. The second kappa shape index (κ2) is 9.05. The van der Waals surface area contributed by atoms with Gasteiger partial charge in [-0.1, -0.05) is 13.8 Å². The molecule has 1 aromatic rings. The highest BCUT2D eigenvalue weighted by molar-refractivity contribution is 7.80. The van der Waals surface area contributed by atoms with Crippen LogP contribution in [0.3, 0.4) is 0 Å². The maximum atomic E-state index is 13.6. The molecule has 0 heterocycles. The van der Waals surface area contributed by atoms with Crippen LogP contribution in [0.2, 0.25) is 0 Å². The Bertz CT molecular complexity index is 464. The molecular weight excluding hydrogens is 289 g/mol. The lowest BCUT2D eigenvalue weighted by atomic mass is 10.0. The molecule has 1 rings (SSSR count). The number of Topliss-reactive ketones (excluding diaryl/α,β-unsaturated/α-hetero) is 1. The Morgan fingerprint density at radius 3 is 2.67 bits per heavy atom. The average Bonchev–Trinajstić information content (AvgIpc) is 2.40. The highest BCUT2D eigenvalue weighted by Crippen LogP contribution is 2.18. The first-order valence-corrected chi connectivity index (χ1v) is 7.76. The number of carbonyl (C=O) groups is 1. The van der Waals surface area contributed by atoms with Crippen molar-refractivity contribution >= 4 is 18.4 Å². The summed E-state index contributed by atoms with van der Waals surface area (Å²) in [4.78, 5) is 11.6. The summed E-state index contributed by atoms with van der Waals surface area (Å²) in [5.41, 5.74) is 0.787. The lowest BCUT2D eigenvalue weighted by molar-refractivity contribution is -0.121. The van der Waals surface area contributed by atoms with Crippen LogP contribution in [-0.4, -0.2) is 24.3 Å². The molecule has 0 aromatic heterocycles. The molecule has 21 heavy (non-hydrogen) atoms. The smallest absolute Gasteiger partial charge is 0.135 e. The molecular formula is C16H24FNO2S. The third kappa shape index (κ3) is 7.48. The average molecular weight is 313 g/mol. The Morgan fingerprint density at radius 2 is 2.05 bits per heavy atom. The number of ether oxygens (including phenoxy) is 1. The molecule has 0 amide bonds. The zero-order valence-corrected chi connectivity index (χ0v) is 13.8. The normalized spacial score (nSPS) is 12.5. The van der Waals surface area contributed by atoms with Gasteiger partial charge in [-0.15, -0.1) is 0 Å². The fraction of sp³-hybridized carbons (Fsp3) is 0.562. The van der Waals surface area contributed by atoms with Crippen molar-refractivity contribution in [1.29, 1.82) is 0 Å². The summed E-state index contributed by atoms with van der Waals surface area (Å²) < 4.78 is 19.1. The monoisotopic (exact) mass is 313 g/mol. The lowest BCUT2D eigenvalue weighted by Crippen LogP contribution is -2.26. The van der Waals surface area contributed by atoms with E-state index in [-0.39, 0.29) is 22.9 Å². The van der Waals surface area contributed by atoms with Crippen LogP contribution in [0.15, 0.2) is 18.2 Å². The summed E-state index contributed by atoms with van der Waals surface area (Å²) in [6.07, 6.45) is 0.969. The third-order valence-electron chi connectivity index (χ3n) is 3.05. The first-order valence-electron chi connectivity index (χ1n) is 7.25. The van der Waals surface area contributed by atoms with E-state index in [4.69, 9.17) is 4.74 Å². The Kier molecular flexibility index (Phi) is 7.75. The van der Waals surface area contributed by atoms with Gasteiger partial charge >= 0.3 is 0 Å². The molecule has 3 nitrogen and oxygen atoms in total. The van der Waals surface area contributed by atoms with E-state index < -0.39 is 0 Å². The maximum Gasteiger partial charge on any atom is 0.135 e. The Balaban J connectivity index is 2.52. The van der Waals surface area contributed by atoms with Gasteiger partial charge in [-0.25, -0.2) is 4.39 Å². The number of rotatable bonds is 9. The van der Waals surface area contributed by atoms with E-state index in [2.05, 4.69) is 17.9 Å². The first kappa shape index (κ1) is 18.0. The van der Waals surface area contributed by atoms with Gasteiger partial charge in [0, 0.05) is 30.3 Å². The summed E-state index contributed by atoms with van der Waals surface area (Å²) in [7, 11) is 0. The summed E-state index contributed by atoms with van der Waals surface area (Å²) in [6.45, 7) is 6.76. The van der Waals surface area contributed by atoms with Crippen LogP contribution in [0.1, 0.15) is 32.8 Å². The molecule has 0 fully saturated rings. The first-order chi connectivity index (χ1) is 9.88. The third-order valence-corrected chi connectivity index (χ3v) is 3.23. The number of aryl methyl sites for hydroxylation is 1. The molecule has 0 radical (unpaired) electrons. The number of nitrogens with one attached hydrogen (secondary N) is 1. The molecule has 1 aromatic carbocycles. The summed E-state index contributed by atoms with van der Waals surface area (Å²) in [5.74, 6) is 0.364. The molecule has 1 atom stereocenters. The second-order valence-electron chi connectivity index (χ2n) is 5.39. The van der Waals surface area contributed by atoms with Crippen molar-refractivity contribution in [3.63, 3.8) is 0 Å². The molecule has 1 unspecified atom stereocenters. The Morgan fingerprint density at radius 1 is 1.33 bits per heavy atom. The SMILES string of the molecule is CC(S)NCCOc1cc(F)cc(CCC(=O)C(C)C)c1. The minimum absolute atomic E-state index is 0.0172. The quantitative estimate of drug-likeness (QED) is 0.418. The van der Waals surface area contributed by atoms with Crippen LogP contribution in [0, 0.1) is 11.7 Å². The van der Waals surface area contributed by atoms with E-state index in [0.717, 1.165) is 5.56 Å². The lowest BCUT2D eigenvalue weighted by Gasteiger charge is -2.11. The van der Waals surface area contributed by atoms with E-state index in [0.29, 0.717) is 31.7 Å². The van der Waals surface area contributed by atoms with Crippen LogP contribution >= 0.6 is 12.6 Å². The van der Waals surface area contributed by atoms with Gasteiger partial charge in [-0.3, -0.25) is 4.79 Å². The van der Waals surface area contributed by atoms with Crippen molar-refractivity contribution in [1.82, 2.24) is 5.32 Å². The van der Waals surface area contributed by atoms with Crippen molar-refractivity contribution in [3.8, 4) is 5.75 Å². The fourth-order valence-corrected chi connectivity index (χ4v) is 1.97. The number of carbonyl (C=O) groups excluding carboxylic acids is 1. The zero-order valence-electron chi connectivity index (χ0n) is 12.9. The van der Waals surface area contributed by atoms with Crippen LogP contribution in [-0.2, 0) is 11.2 Å². The molecule has 0 bridgehead atoms. The maximum absolute atomic E-state index is 13.6. The number of thiol groups is 1. The highest BCUT2D eigenvalue weighted by atomic mass is 32.1.